The highest BCUT2D eigenvalue weighted by molar-refractivity contribution is 6.08. The summed E-state index contributed by atoms with van der Waals surface area (Å²) in [4.78, 5) is 16.8. The van der Waals surface area contributed by atoms with Crippen LogP contribution in [0.4, 0.5) is 0 Å². The van der Waals surface area contributed by atoms with Crippen LogP contribution in [-0.4, -0.2) is 21.9 Å². The molecule has 4 nitrogen and oxygen atoms in total. The normalized spacial score (nSPS) is 10.5. The van der Waals surface area contributed by atoms with Crippen LogP contribution in [0.5, 0.6) is 5.75 Å². The zero-order chi connectivity index (χ0) is 19.2. The van der Waals surface area contributed by atoms with Crippen molar-refractivity contribution in [3.05, 3.63) is 96.3 Å². The molecule has 1 heterocycles. The van der Waals surface area contributed by atoms with Crippen molar-refractivity contribution in [1.82, 2.24) is 9.55 Å². The molecule has 0 fully saturated rings. The highest BCUT2D eigenvalue weighted by atomic mass is 35.5. The smallest absolute Gasteiger partial charge is 0.193 e. The summed E-state index contributed by atoms with van der Waals surface area (Å²) in [5, 5.41) is 0. The molecule has 0 atom stereocenters. The van der Waals surface area contributed by atoms with E-state index in [1.807, 2.05) is 79.1 Å². The highest BCUT2D eigenvalue weighted by Gasteiger charge is 2.08. The second-order valence-electron chi connectivity index (χ2n) is 6.70. The van der Waals surface area contributed by atoms with E-state index in [2.05, 4.69) is 15.6 Å². The first-order valence-corrected chi connectivity index (χ1v) is 9.54. The predicted octanol–water partition coefficient (Wildman–Crippen LogP) is 5.55. The van der Waals surface area contributed by atoms with Crippen LogP contribution in [0.15, 0.2) is 85.2 Å². The first kappa shape index (κ1) is 20.6. The number of carbonyl (C=O) groups is 1. The molecule has 4 aromatic rings. The second kappa shape index (κ2) is 9.89. The van der Waals surface area contributed by atoms with E-state index < -0.39 is 0 Å². The van der Waals surface area contributed by atoms with Gasteiger partial charge in [-0.1, -0.05) is 42.5 Å². The number of halogens is 1. The maximum atomic E-state index is 12.4. The van der Waals surface area contributed by atoms with E-state index in [0.717, 1.165) is 30.7 Å². The predicted molar refractivity (Wildman–Crippen MR) is 118 cm³/mol. The zero-order valence-electron chi connectivity index (χ0n) is 16.0. The molecule has 4 rings (SSSR count). The minimum atomic E-state index is 0. The Balaban J connectivity index is 0.00000240. The number of hydrogen-bond acceptors (Lipinski definition) is 3. The number of aromatic nitrogens is 2. The summed E-state index contributed by atoms with van der Waals surface area (Å²) in [6.45, 7) is 1.58. The largest absolute Gasteiger partial charge is 0.494 e. The van der Waals surface area contributed by atoms with Crippen LogP contribution in [0, 0.1) is 0 Å². The summed E-state index contributed by atoms with van der Waals surface area (Å²) in [6, 6.07) is 24.8. The monoisotopic (exact) mass is 406 g/mol. The van der Waals surface area contributed by atoms with Crippen molar-refractivity contribution < 1.29 is 9.53 Å². The number of ketones is 1. The number of hydrogen-bond donors (Lipinski definition) is 0. The highest BCUT2D eigenvalue weighted by Crippen LogP contribution is 2.16. The maximum Gasteiger partial charge on any atom is 0.193 e. The van der Waals surface area contributed by atoms with Gasteiger partial charge in [-0.15, -0.1) is 12.4 Å². The van der Waals surface area contributed by atoms with Gasteiger partial charge in [0.05, 0.1) is 24.0 Å². The molecule has 29 heavy (non-hydrogen) atoms. The van der Waals surface area contributed by atoms with Gasteiger partial charge in [0.15, 0.2) is 5.78 Å². The number of nitrogens with zero attached hydrogens (tertiary/aromatic N) is 2. The van der Waals surface area contributed by atoms with Crippen LogP contribution in [0.25, 0.3) is 11.0 Å². The van der Waals surface area contributed by atoms with Crippen LogP contribution in [-0.2, 0) is 6.54 Å². The summed E-state index contributed by atoms with van der Waals surface area (Å²) in [7, 11) is 0. The molecule has 0 aliphatic rings. The van der Waals surface area contributed by atoms with Crippen molar-refractivity contribution in [1.29, 1.82) is 0 Å². The van der Waals surface area contributed by atoms with E-state index in [-0.39, 0.29) is 18.2 Å². The van der Waals surface area contributed by atoms with Gasteiger partial charge < -0.3 is 9.30 Å². The molecular weight excluding hydrogens is 384 g/mol. The third kappa shape index (κ3) is 5.04. The van der Waals surface area contributed by atoms with E-state index in [4.69, 9.17) is 4.74 Å². The fourth-order valence-corrected chi connectivity index (χ4v) is 3.22. The number of para-hydroxylation sites is 2. The lowest BCUT2D eigenvalue weighted by Crippen LogP contribution is -2.03. The van der Waals surface area contributed by atoms with E-state index in [9.17, 15) is 4.79 Å². The lowest BCUT2D eigenvalue weighted by molar-refractivity contribution is 0.103. The van der Waals surface area contributed by atoms with Gasteiger partial charge in [0, 0.05) is 17.7 Å². The summed E-state index contributed by atoms with van der Waals surface area (Å²) in [5.74, 6) is 0.817. The topological polar surface area (TPSA) is 44.1 Å². The summed E-state index contributed by atoms with van der Waals surface area (Å²) >= 11 is 0. The number of fused-ring (bicyclic) bond motifs is 1. The number of benzene rings is 3. The molecule has 148 valence electrons. The Bertz CT molecular complexity index is 1060. The van der Waals surface area contributed by atoms with Crippen LogP contribution in [0.3, 0.4) is 0 Å². The van der Waals surface area contributed by atoms with E-state index >= 15 is 0 Å². The van der Waals surface area contributed by atoms with Crippen molar-refractivity contribution >= 4 is 29.2 Å². The van der Waals surface area contributed by atoms with Crippen molar-refractivity contribution in [2.75, 3.05) is 6.61 Å². The molecule has 0 N–H and O–H groups in total. The number of carbonyl (C=O) groups excluding carboxylic acids is 1. The number of aryl methyl sites for hydroxylation is 1. The van der Waals surface area contributed by atoms with Crippen LogP contribution >= 0.6 is 12.4 Å². The Hall–Kier alpha value is -3.11. The van der Waals surface area contributed by atoms with Gasteiger partial charge >= 0.3 is 0 Å². The van der Waals surface area contributed by atoms with E-state index in [0.29, 0.717) is 17.7 Å². The van der Waals surface area contributed by atoms with E-state index in [1.165, 1.54) is 5.52 Å². The average molecular weight is 407 g/mol. The quantitative estimate of drug-likeness (QED) is 0.284. The van der Waals surface area contributed by atoms with Crippen molar-refractivity contribution in [2.24, 2.45) is 0 Å². The fraction of sp³-hybridized carbons (Fsp3) is 0.167. The average Bonchev–Trinajstić information content (AvgIpc) is 3.17. The Kier molecular flexibility index (Phi) is 7.04. The zero-order valence-corrected chi connectivity index (χ0v) is 16.8. The molecule has 0 saturated heterocycles. The lowest BCUT2D eigenvalue weighted by Gasteiger charge is -2.08. The molecule has 1 aromatic heterocycles. The van der Waals surface area contributed by atoms with Crippen LogP contribution in [0.1, 0.15) is 28.8 Å². The van der Waals surface area contributed by atoms with Gasteiger partial charge in [-0.2, -0.15) is 0 Å². The minimum Gasteiger partial charge on any atom is -0.494 e. The molecule has 0 bridgehead atoms. The third-order valence-corrected chi connectivity index (χ3v) is 4.74. The number of rotatable bonds is 8. The van der Waals surface area contributed by atoms with Gasteiger partial charge in [-0.25, -0.2) is 4.98 Å². The molecule has 5 heteroatoms. The van der Waals surface area contributed by atoms with E-state index in [1.54, 1.807) is 0 Å². The Morgan fingerprint density at radius 1 is 0.828 bits per heavy atom. The Labute approximate surface area is 176 Å². The first-order chi connectivity index (χ1) is 13.8. The SMILES string of the molecule is Cl.O=C(c1ccccc1)c1ccc(OCCCCn2cnc3ccccc32)cc1. The summed E-state index contributed by atoms with van der Waals surface area (Å²) in [5.41, 5.74) is 3.57. The summed E-state index contributed by atoms with van der Waals surface area (Å²) < 4.78 is 8.00. The van der Waals surface area contributed by atoms with Gasteiger partial charge in [0.2, 0.25) is 0 Å². The molecule has 0 radical (unpaired) electrons. The van der Waals surface area contributed by atoms with Crippen molar-refractivity contribution in [3.63, 3.8) is 0 Å². The molecule has 0 unspecified atom stereocenters. The Morgan fingerprint density at radius 2 is 1.52 bits per heavy atom. The molecule has 0 spiro atoms. The van der Waals surface area contributed by atoms with Crippen molar-refractivity contribution in [3.8, 4) is 5.75 Å². The molecule has 3 aromatic carbocycles. The van der Waals surface area contributed by atoms with Crippen LogP contribution in [0.2, 0.25) is 0 Å². The maximum absolute atomic E-state index is 12.4. The minimum absolute atomic E-state index is 0. The van der Waals surface area contributed by atoms with Gasteiger partial charge in [-0.3, -0.25) is 4.79 Å². The van der Waals surface area contributed by atoms with Gasteiger partial charge in [-0.05, 0) is 49.2 Å². The van der Waals surface area contributed by atoms with Gasteiger partial charge in [0.1, 0.15) is 5.75 Å². The standard InChI is InChI=1S/C24H22N2O2.ClH/c27-24(19-8-2-1-3-9-19)20-12-14-21(15-13-20)28-17-7-6-16-26-18-25-22-10-4-5-11-23(22)26;/h1-5,8-15,18H,6-7,16-17H2;1H. The van der Waals surface area contributed by atoms with Gasteiger partial charge in [0.25, 0.3) is 0 Å². The number of imidazole rings is 1. The molecule has 0 saturated carbocycles. The third-order valence-electron chi connectivity index (χ3n) is 4.74. The van der Waals surface area contributed by atoms with Crippen LogP contribution < -0.4 is 4.74 Å². The molecule has 0 aliphatic heterocycles. The fourth-order valence-electron chi connectivity index (χ4n) is 3.22. The van der Waals surface area contributed by atoms with Crippen molar-refractivity contribution in [2.45, 2.75) is 19.4 Å². The molecule has 0 aliphatic carbocycles. The molecule has 0 amide bonds. The lowest BCUT2D eigenvalue weighted by atomic mass is 10.0. The second-order valence-corrected chi connectivity index (χ2v) is 6.70. The summed E-state index contributed by atoms with van der Waals surface area (Å²) in [6.07, 6.45) is 3.87. The Morgan fingerprint density at radius 3 is 2.31 bits per heavy atom. The number of ether oxygens (including phenoxy) is 1. The number of unbranched alkanes of at least 4 members (excludes halogenated alkanes) is 1. The first-order valence-electron chi connectivity index (χ1n) is 9.54. The molecular formula is C24H23ClN2O2.